The van der Waals surface area contributed by atoms with E-state index in [1.807, 2.05) is 0 Å². The van der Waals surface area contributed by atoms with E-state index in [9.17, 15) is 21.6 Å². The predicted octanol–water partition coefficient (Wildman–Crippen LogP) is 2.36. The Bertz CT molecular complexity index is 1300. The molecule has 4 aromatic heterocycles. The standard InChI is InChI=1S/C17H14F3N7O2S/c1-30(28,29)26-15(17(18,19)20)10-2-3-13(22-6-10)27-8-11(7-25-27)12-4-5-21-16-14(12)23-9-24-16/h2-9,15,26H,1H3,(H,21,23,24). The van der Waals surface area contributed by atoms with Gasteiger partial charge >= 0.3 is 6.18 Å². The number of aromatic nitrogens is 6. The summed E-state index contributed by atoms with van der Waals surface area (Å²) < 4.78 is 65.4. The minimum atomic E-state index is -4.82. The fourth-order valence-corrected chi connectivity index (χ4v) is 3.61. The molecule has 1 atom stereocenters. The van der Waals surface area contributed by atoms with Crippen molar-refractivity contribution in [3.8, 4) is 16.9 Å². The topological polar surface area (TPSA) is 118 Å². The molecule has 0 aromatic carbocycles. The summed E-state index contributed by atoms with van der Waals surface area (Å²) in [6.07, 6.45) is 3.17. The van der Waals surface area contributed by atoms with Gasteiger partial charge in [0, 0.05) is 29.7 Å². The Kier molecular flexibility index (Phi) is 4.78. The van der Waals surface area contributed by atoms with Crippen LogP contribution in [-0.2, 0) is 10.0 Å². The van der Waals surface area contributed by atoms with Crippen molar-refractivity contribution in [3.05, 3.63) is 54.9 Å². The minimum Gasteiger partial charge on any atom is -0.329 e. The molecule has 0 radical (unpaired) electrons. The molecule has 0 spiro atoms. The smallest absolute Gasteiger partial charge is 0.329 e. The Balaban J connectivity index is 1.64. The van der Waals surface area contributed by atoms with Gasteiger partial charge in [0.2, 0.25) is 10.0 Å². The predicted molar refractivity (Wildman–Crippen MR) is 101 cm³/mol. The molecule has 0 fully saturated rings. The number of alkyl halides is 3. The molecule has 0 saturated heterocycles. The fraction of sp³-hybridized carbons (Fsp3) is 0.176. The van der Waals surface area contributed by atoms with Crippen molar-refractivity contribution in [2.24, 2.45) is 0 Å². The number of hydrogen-bond donors (Lipinski definition) is 2. The number of halogens is 3. The number of imidazole rings is 1. The number of nitrogens with one attached hydrogen (secondary N) is 2. The number of sulfonamides is 1. The van der Waals surface area contributed by atoms with Gasteiger partial charge in [-0.05, 0) is 17.7 Å². The highest BCUT2D eigenvalue weighted by Gasteiger charge is 2.42. The summed E-state index contributed by atoms with van der Waals surface area (Å²) in [5.74, 6) is 0.262. The van der Waals surface area contributed by atoms with Gasteiger partial charge in [-0.1, -0.05) is 6.07 Å². The molecule has 0 aliphatic heterocycles. The van der Waals surface area contributed by atoms with Crippen LogP contribution in [-0.4, -0.2) is 50.6 Å². The lowest BCUT2D eigenvalue weighted by atomic mass is 10.1. The average molecular weight is 437 g/mol. The van der Waals surface area contributed by atoms with E-state index >= 15 is 0 Å². The van der Waals surface area contributed by atoms with Crippen molar-refractivity contribution >= 4 is 21.2 Å². The average Bonchev–Trinajstić information content (AvgIpc) is 3.34. The Morgan fingerprint density at radius 1 is 1.13 bits per heavy atom. The van der Waals surface area contributed by atoms with Crippen molar-refractivity contribution in [1.82, 2.24) is 34.4 Å². The van der Waals surface area contributed by atoms with Gasteiger partial charge in [0.1, 0.15) is 11.6 Å². The van der Waals surface area contributed by atoms with Crippen LogP contribution in [0.15, 0.2) is 49.3 Å². The molecule has 0 amide bonds. The van der Waals surface area contributed by atoms with Gasteiger partial charge in [-0.2, -0.15) is 23.0 Å². The zero-order chi connectivity index (χ0) is 21.5. The van der Waals surface area contributed by atoms with E-state index in [1.54, 1.807) is 29.4 Å². The van der Waals surface area contributed by atoms with Crippen LogP contribution in [0.5, 0.6) is 0 Å². The maximum Gasteiger partial charge on any atom is 0.408 e. The lowest BCUT2D eigenvalue weighted by Crippen LogP contribution is -2.37. The third-order valence-electron chi connectivity index (χ3n) is 4.21. The second kappa shape index (κ2) is 7.18. The number of aromatic amines is 1. The van der Waals surface area contributed by atoms with Crippen LogP contribution in [0, 0.1) is 0 Å². The normalized spacial score (nSPS) is 13.6. The molecule has 4 aromatic rings. The number of hydrogen-bond acceptors (Lipinski definition) is 6. The molecule has 4 heterocycles. The maximum absolute atomic E-state index is 13.3. The molecule has 0 aliphatic carbocycles. The number of rotatable bonds is 5. The molecule has 4 rings (SSSR count). The van der Waals surface area contributed by atoms with E-state index in [0.717, 1.165) is 17.8 Å². The molecule has 9 nitrogen and oxygen atoms in total. The summed E-state index contributed by atoms with van der Waals surface area (Å²) in [7, 11) is -4.09. The highest BCUT2D eigenvalue weighted by Crippen LogP contribution is 2.33. The molecule has 156 valence electrons. The fourth-order valence-electron chi connectivity index (χ4n) is 2.91. The van der Waals surface area contributed by atoms with Crippen molar-refractivity contribution in [3.63, 3.8) is 0 Å². The Morgan fingerprint density at radius 2 is 1.93 bits per heavy atom. The number of pyridine rings is 2. The first-order valence-corrected chi connectivity index (χ1v) is 10.3. The second-order valence-electron chi connectivity index (χ2n) is 6.45. The monoisotopic (exact) mass is 437 g/mol. The van der Waals surface area contributed by atoms with Gasteiger partial charge in [0.15, 0.2) is 11.5 Å². The summed E-state index contributed by atoms with van der Waals surface area (Å²) in [4.78, 5) is 15.3. The first-order chi connectivity index (χ1) is 14.1. The van der Waals surface area contributed by atoms with Gasteiger partial charge in [-0.15, -0.1) is 0 Å². The van der Waals surface area contributed by atoms with Crippen molar-refractivity contribution < 1.29 is 21.6 Å². The van der Waals surface area contributed by atoms with E-state index in [4.69, 9.17) is 0 Å². The number of fused-ring (bicyclic) bond motifs is 1. The molecule has 0 aliphatic rings. The lowest BCUT2D eigenvalue weighted by Gasteiger charge is -2.20. The van der Waals surface area contributed by atoms with Crippen molar-refractivity contribution in [2.45, 2.75) is 12.2 Å². The van der Waals surface area contributed by atoms with Crippen LogP contribution in [0.1, 0.15) is 11.6 Å². The minimum absolute atomic E-state index is 0.262. The summed E-state index contributed by atoms with van der Waals surface area (Å²) in [6.45, 7) is 0. The van der Waals surface area contributed by atoms with Gasteiger partial charge in [0.25, 0.3) is 0 Å². The molecular weight excluding hydrogens is 423 g/mol. The summed E-state index contributed by atoms with van der Waals surface area (Å²) in [5.41, 5.74) is 2.42. The Morgan fingerprint density at radius 3 is 2.60 bits per heavy atom. The highest BCUT2D eigenvalue weighted by molar-refractivity contribution is 7.88. The summed E-state index contributed by atoms with van der Waals surface area (Å²) in [5, 5.41) is 4.20. The van der Waals surface area contributed by atoms with Gasteiger partial charge in [-0.3, -0.25) is 0 Å². The van der Waals surface area contributed by atoms with Crippen molar-refractivity contribution in [2.75, 3.05) is 6.26 Å². The van der Waals surface area contributed by atoms with E-state index < -0.39 is 22.2 Å². The Hall–Kier alpha value is -3.32. The molecule has 30 heavy (non-hydrogen) atoms. The zero-order valence-corrected chi connectivity index (χ0v) is 16.1. The van der Waals surface area contributed by atoms with E-state index in [0.29, 0.717) is 23.0 Å². The first-order valence-electron chi connectivity index (χ1n) is 8.45. The van der Waals surface area contributed by atoms with Crippen LogP contribution >= 0.6 is 0 Å². The second-order valence-corrected chi connectivity index (χ2v) is 8.23. The molecule has 13 heteroatoms. The van der Waals surface area contributed by atoms with E-state index in [2.05, 4.69) is 25.0 Å². The molecule has 0 bridgehead atoms. The van der Waals surface area contributed by atoms with Crippen molar-refractivity contribution in [1.29, 1.82) is 0 Å². The van der Waals surface area contributed by atoms with E-state index in [1.165, 1.54) is 17.1 Å². The van der Waals surface area contributed by atoms with E-state index in [-0.39, 0.29) is 11.4 Å². The van der Waals surface area contributed by atoms with Crippen LogP contribution in [0.3, 0.4) is 0 Å². The van der Waals surface area contributed by atoms with Crippen LogP contribution in [0.4, 0.5) is 13.2 Å². The maximum atomic E-state index is 13.3. The van der Waals surface area contributed by atoms with Crippen LogP contribution < -0.4 is 4.72 Å². The number of nitrogens with zero attached hydrogens (tertiary/aromatic N) is 5. The quantitative estimate of drug-likeness (QED) is 0.495. The zero-order valence-electron chi connectivity index (χ0n) is 15.3. The van der Waals surface area contributed by atoms with Crippen LogP contribution in [0.2, 0.25) is 0 Å². The molecule has 0 saturated carbocycles. The third kappa shape index (κ3) is 4.02. The van der Waals surface area contributed by atoms with Gasteiger partial charge in [-0.25, -0.2) is 28.1 Å². The SMILES string of the molecule is CS(=O)(=O)NC(c1ccc(-n2cc(-c3ccnc4[nH]cnc34)cn2)nc1)C(F)(F)F. The lowest BCUT2D eigenvalue weighted by molar-refractivity contribution is -0.153. The van der Waals surface area contributed by atoms with Gasteiger partial charge in [0.05, 0.1) is 18.8 Å². The van der Waals surface area contributed by atoms with Crippen LogP contribution in [0.25, 0.3) is 28.1 Å². The molecule has 2 N–H and O–H groups in total. The highest BCUT2D eigenvalue weighted by atomic mass is 32.2. The largest absolute Gasteiger partial charge is 0.408 e. The summed E-state index contributed by atoms with van der Waals surface area (Å²) >= 11 is 0. The number of H-pyrrole nitrogens is 1. The summed E-state index contributed by atoms with van der Waals surface area (Å²) in [6, 6.07) is 1.85. The molecule has 1 unspecified atom stereocenters. The van der Waals surface area contributed by atoms with Gasteiger partial charge < -0.3 is 4.98 Å². The third-order valence-corrected chi connectivity index (χ3v) is 4.87. The Labute approximate surface area is 168 Å². The first kappa shape index (κ1) is 20.0. The molecular formula is C17H14F3N7O2S.